The molecule has 1 aromatic rings. The van der Waals surface area contributed by atoms with Gasteiger partial charge in [0.05, 0.1) is 0 Å². The van der Waals surface area contributed by atoms with E-state index >= 15 is 0 Å². The number of benzene rings is 1. The van der Waals surface area contributed by atoms with Gasteiger partial charge in [-0.05, 0) is 56.2 Å². The number of hydrogen-bond acceptors (Lipinski definition) is 1. The van der Waals surface area contributed by atoms with Crippen molar-refractivity contribution >= 4 is 44.2 Å². The Bertz CT molecular complexity index is 320. The molecule has 5 heteroatoms. The highest BCUT2D eigenvalue weighted by Crippen LogP contribution is 2.23. The SMILES string of the molecule is [N-]=[N+]=Nc1ccc(Br)c(I)c1. The molecule has 0 radical (unpaired) electrons. The van der Waals surface area contributed by atoms with E-state index in [9.17, 15) is 0 Å². The lowest BCUT2D eigenvalue weighted by Crippen LogP contribution is -1.71. The van der Waals surface area contributed by atoms with Crippen LogP contribution in [0.2, 0.25) is 0 Å². The molecule has 0 saturated heterocycles. The van der Waals surface area contributed by atoms with Crippen LogP contribution in [-0.2, 0) is 0 Å². The Balaban J connectivity index is 3.14. The molecule has 0 N–H and O–H groups in total. The van der Waals surface area contributed by atoms with Crippen LogP contribution in [0.3, 0.4) is 0 Å². The van der Waals surface area contributed by atoms with E-state index in [2.05, 4.69) is 48.5 Å². The number of rotatable bonds is 1. The normalized spacial score (nSPS) is 8.91. The van der Waals surface area contributed by atoms with Crippen LogP contribution >= 0.6 is 38.5 Å². The van der Waals surface area contributed by atoms with Crippen molar-refractivity contribution in [1.29, 1.82) is 0 Å². The average molecular weight is 324 g/mol. The van der Waals surface area contributed by atoms with Crippen molar-refractivity contribution in [3.8, 4) is 0 Å². The summed E-state index contributed by atoms with van der Waals surface area (Å²) in [5, 5.41) is 3.46. The van der Waals surface area contributed by atoms with Crippen LogP contribution < -0.4 is 0 Å². The van der Waals surface area contributed by atoms with Crippen LogP contribution in [0.25, 0.3) is 10.4 Å². The van der Waals surface area contributed by atoms with Gasteiger partial charge in [0, 0.05) is 18.6 Å². The minimum atomic E-state index is 0.639. The molecule has 0 saturated carbocycles. The topological polar surface area (TPSA) is 48.8 Å². The molecule has 11 heavy (non-hydrogen) atoms. The van der Waals surface area contributed by atoms with Crippen molar-refractivity contribution in [3.63, 3.8) is 0 Å². The lowest BCUT2D eigenvalue weighted by atomic mass is 10.3. The third-order valence-corrected chi connectivity index (χ3v) is 3.39. The highest BCUT2D eigenvalue weighted by atomic mass is 127. The van der Waals surface area contributed by atoms with E-state index in [1.165, 1.54) is 0 Å². The van der Waals surface area contributed by atoms with Crippen LogP contribution in [0.15, 0.2) is 27.8 Å². The zero-order valence-corrected chi connectivity index (χ0v) is 9.07. The predicted molar refractivity (Wildman–Crippen MR) is 55.7 cm³/mol. The Kier molecular flexibility index (Phi) is 3.16. The van der Waals surface area contributed by atoms with Gasteiger partial charge in [0.1, 0.15) is 0 Å². The highest BCUT2D eigenvalue weighted by molar-refractivity contribution is 14.1. The quantitative estimate of drug-likeness (QED) is 0.325. The summed E-state index contributed by atoms with van der Waals surface area (Å²) in [7, 11) is 0. The van der Waals surface area contributed by atoms with Gasteiger partial charge in [-0.25, -0.2) is 0 Å². The van der Waals surface area contributed by atoms with Gasteiger partial charge in [0.2, 0.25) is 0 Å². The van der Waals surface area contributed by atoms with Crippen LogP contribution in [0.4, 0.5) is 5.69 Å². The fraction of sp³-hybridized carbons (Fsp3) is 0. The monoisotopic (exact) mass is 323 g/mol. The maximum Gasteiger partial charge on any atom is 0.0386 e. The molecule has 1 aromatic carbocycles. The maximum absolute atomic E-state index is 8.12. The van der Waals surface area contributed by atoms with E-state index in [4.69, 9.17) is 5.53 Å². The second-order valence-electron chi connectivity index (χ2n) is 1.79. The molecule has 0 unspecified atom stereocenters. The number of hydrogen-bond donors (Lipinski definition) is 0. The zero-order valence-electron chi connectivity index (χ0n) is 5.33. The summed E-state index contributed by atoms with van der Waals surface area (Å²) in [6, 6.07) is 5.42. The number of halogens is 2. The van der Waals surface area contributed by atoms with Gasteiger partial charge in [0.15, 0.2) is 0 Å². The first-order valence-electron chi connectivity index (χ1n) is 2.74. The molecule has 0 heterocycles. The minimum Gasteiger partial charge on any atom is -0.0607 e. The summed E-state index contributed by atoms with van der Waals surface area (Å²) in [5.74, 6) is 0. The molecule has 56 valence electrons. The molecule has 3 nitrogen and oxygen atoms in total. The molecule has 0 fully saturated rings. The smallest absolute Gasteiger partial charge is 0.0386 e. The van der Waals surface area contributed by atoms with Gasteiger partial charge in [-0.15, -0.1) is 0 Å². The van der Waals surface area contributed by atoms with E-state index in [0.29, 0.717) is 5.69 Å². The summed E-state index contributed by atoms with van der Waals surface area (Å²) in [6.45, 7) is 0. The fourth-order valence-electron chi connectivity index (χ4n) is 0.599. The average Bonchev–Trinajstić information content (AvgIpc) is 1.98. The summed E-state index contributed by atoms with van der Waals surface area (Å²) in [6.07, 6.45) is 0. The molecule has 0 aromatic heterocycles. The standard InChI is InChI=1S/C6H3BrIN3/c7-5-2-1-4(10-11-9)3-6(5)8/h1-3H. The van der Waals surface area contributed by atoms with Crippen LogP contribution in [0.1, 0.15) is 0 Å². The molecule has 0 atom stereocenters. The first-order chi connectivity index (χ1) is 5.24. The van der Waals surface area contributed by atoms with Gasteiger partial charge in [-0.2, -0.15) is 0 Å². The Labute approximate surface area is 85.7 Å². The van der Waals surface area contributed by atoms with Gasteiger partial charge in [-0.3, -0.25) is 0 Å². The largest absolute Gasteiger partial charge is 0.0607 e. The molecule has 0 aliphatic heterocycles. The van der Waals surface area contributed by atoms with Gasteiger partial charge >= 0.3 is 0 Å². The minimum absolute atomic E-state index is 0.639. The molecule has 0 aliphatic carbocycles. The Morgan fingerprint density at radius 1 is 1.55 bits per heavy atom. The van der Waals surface area contributed by atoms with E-state index in [1.807, 2.05) is 12.1 Å². The van der Waals surface area contributed by atoms with E-state index in [0.717, 1.165) is 8.04 Å². The van der Waals surface area contributed by atoms with Crippen molar-refractivity contribution in [2.24, 2.45) is 5.11 Å². The summed E-state index contributed by atoms with van der Waals surface area (Å²) >= 11 is 5.50. The van der Waals surface area contributed by atoms with Crippen molar-refractivity contribution in [1.82, 2.24) is 0 Å². The van der Waals surface area contributed by atoms with Gasteiger partial charge < -0.3 is 0 Å². The summed E-state index contributed by atoms with van der Waals surface area (Å²) in [4.78, 5) is 2.68. The molecule has 0 aliphatic rings. The second-order valence-corrected chi connectivity index (χ2v) is 3.80. The first-order valence-corrected chi connectivity index (χ1v) is 4.61. The molecule has 0 spiro atoms. The zero-order chi connectivity index (χ0) is 8.27. The van der Waals surface area contributed by atoms with Crippen LogP contribution in [0.5, 0.6) is 0 Å². The number of nitrogens with zero attached hydrogens (tertiary/aromatic N) is 3. The summed E-state index contributed by atoms with van der Waals surface area (Å²) in [5.41, 5.74) is 8.76. The lowest BCUT2D eigenvalue weighted by molar-refractivity contribution is 1.45. The van der Waals surface area contributed by atoms with Crippen molar-refractivity contribution in [2.75, 3.05) is 0 Å². The fourth-order valence-corrected chi connectivity index (χ4v) is 1.34. The van der Waals surface area contributed by atoms with Crippen LogP contribution in [0, 0.1) is 3.57 Å². The second kappa shape index (κ2) is 3.94. The third kappa shape index (κ3) is 2.36. The van der Waals surface area contributed by atoms with Crippen molar-refractivity contribution in [2.45, 2.75) is 0 Å². The van der Waals surface area contributed by atoms with Gasteiger partial charge in [-0.1, -0.05) is 11.2 Å². The molecule has 0 bridgehead atoms. The molecular formula is C6H3BrIN3. The van der Waals surface area contributed by atoms with Crippen molar-refractivity contribution < 1.29 is 0 Å². The Morgan fingerprint density at radius 2 is 2.27 bits per heavy atom. The highest BCUT2D eigenvalue weighted by Gasteiger charge is 1.95. The predicted octanol–water partition coefficient (Wildman–Crippen LogP) is 4.00. The number of azide groups is 1. The lowest BCUT2D eigenvalue weighted by Gasteiger charge is -1.95. The van der Waals surface area contributed by atoms with E-state index < -0.39 is 0 Å². The maximum atomic E-state index is 8.12. The van der Waals surface area contributed by atoms with Gasteiger partial charge in [0.25, 0.3) is 0 Å². The molecule has 1 rings (SSSR count). The van der Waals surface area contributed by atoms with E-state index in [1.54, 1.807) is 6.07 Å². The third-order valence-electron chi connectivity index (χ3n) is 1.06. The van der Waals surface area contributed by atoms with E-state index in [-0.39, 0.29) is 0 Å². The Morgan fingerprint density at radius 3 is 2.82 bits per heavy atom. The summed E-state index contributed by atoms with van der Waals surface area (Å²) < 4.78 is 2.04. The molecule has 0 amide bonds. The molecular weight excluding hydrogens is 321 g/mol. The first kappa shape index (κ1) is 8.83. The Hall–Kier alpha value is -0.260. The van der Waals surface area contributed by atoms with Crippen molar-refractivity contribution in [3.05, 3.63) is 36.7 Å². The van der Waals surface area contributed by atoms with Crippen LogP contribution in [-0.4, -0.2) is 0 Å².